The first-order chi connectivity index (χ1) is 16.9. The second-order valence-electron chi connectivity index (χ2n) is 9.23. The van der Waals surface area contributed by atoms with Crippen molar-refractivity contribution in [1.82, 2.24) is 5.32 Å². The Kier molecular flexibility index (Phi) is 8.41. The van der Waals surface area contributed by atoms with Crippen LogP contribution in [0.25, 0.3) is 11.1 Å². The number of carbonyl (C=O) groups is 2. The minimum absolute atomic E-state index is 0.0741. The van der Waals surface area contributed by atoms with Gasteiger partial charge in [-0.25, -0.2) is 4.39 Å². The number of aryl methyl sites for hydroxylation is 3. The molecule has 2 unspecified atom stereocenters. The first-order valence-corrected chi connectivity index (χ1v) is 12.3. The van der Waals surface area contributed by atoms with Crippen LogP contribution in [0.1, 0.15) is 58.9 Å². The molecule has 0 saturated heterocycles. The molecule has 3 rings (SSSR count). The number of hydrogen-bond acceptors (Lipinski definition) is 3. The van der Waals surface area contributed by atoms with Crippen molar-refractivity contribution >= 4 is 29.2 Å². The third-order valence-corrected chi connectivity index (χ3v) is 6.99. The maximum absolute atomic E-state index is 15.0. The van der Waals surface area contributed by atoms with Crippen LogP contribution in [0.5, 0.6) is 0 Å². The van der Waals surface area contributed by atoms with Crippen LogP contribution in [0.15, 0.2) is 48.5 Å². The van der Waals surface area contributed by atoms with Crippen LogP contribution in [0.3, 0.4) is 0 Å². The number of carboxylic acid groups (broad SMARTS) is 1. The van der Waals surface area contributed by atoms with Gasteiger partial charge in [-0.3, -0.25) is 9.59 Å². The minimum atomic E-state index is -1.11. The second-order valence-corrected chi connectivity index (χ2v) is 9.63. The zero-order chi connectivity index (χ0) is 26.7. The fourth-order valence-electron chi connectivity index (χ4n) is 4.55. The molecule has 0 aromatic heterocycles. The lowest BCUT2D eigenvalue weighted by molar-refractivity contribution is -0.138. The van der Waals surface area contributed by atoms with Crippen LogP contribution >= 0.6 is 11.6 Å². The lowest BCUT2D eigenvalue weighted by Gasteiger charge is -2.30. The molecule has 3 aromatic carbocycles. The number of benzene rings is 3. The fraction of sp³-hybridized carbons (Fsp3) is 0.310. The Morgan fingerprint density at radius 2 is 1.67 bits per heavy atom. The molecule has 0 radical (unpaired) electrons. The molecular formula is C29H32ClFN2O3. The molecule has 5 nitrogen and oxygen atoms in total. The summed E-state index contributed by atoms with van der Waals surface area (Å²) in [6, 6.07) is 13.6. The highest BCUT2D eigenvalue weighted by Gasteiger charge is 2.21. The molecule has 2 atom stereocenters. The topological polar surface area (TPSA) is 69.6 Å². The summed E-state index contributed by atoms with van der Waals surface area (Å²) in [5.74, 6) is -1.94. The van der Waals surface area contributed by atoms with Crippen LogP contribution in [0.2, 0.25) is 5.02 Å². The standard InChI is InChI=1S/C29H32ClFN2O3/c1-7-26(20-8-10-24(30)16(2)12-20)33(6)22-9-11-25(31)23(15-22)21-13-17(3)27(18(4)14-21)28(34)32-19(5)29(35)36/h8-15,19,26H,7H2,1-6H3,(H,32,34)(H,35,36). The third kappa shape index (κ3) is 5.71. The van der Waals surface area contributed by atoms with E-state index in [2.05, 4.69) is 23.2 Å². The molecule has 0 heterocycles. The van der Waals surface area contributed by atoms with Gasteiger partial charge in [0.15, 0.2) is 0 Å². The number of carbonyl (C=O) groups excluding carboxylic acids is 1. The summed E-state index contributed by atoms with van der Waals surface area (Å²) in [6.07, 6.45) is 0.848. The van der Waals surface area contributed by atoms with E-state index in [1.54, 1.807) is 32.0 Å². The Morgan fingerprint density at radius 1 is 1.03 bits per heavy atom. The average molecular weight is 511 g/mol. The Morgan fingerprint density at radius 3 is 2.22 bits per heavy atom. The van der Waals surface area contributed by atoms with Gasteiger partial charge in [-0.15, -0.1) is 0 Å². The molecule has 0 aliphatic rings. The number of nitrogens with one attached hydrogen (secondary N) is 1. The number of halogens is 2. The number of aliphatic carboxylic acids is 1. The fourth-order valence-corrected chi connectivity index (χ4v) is 4.67. The van der Waals surface area contributed by atoms with Crippen molar-refractivity contribution in [1.29, 1.82) is 0 Å². The molecule has 0 saturated carbocycles. The van der Waals surface area contributed by atoms with Gasteiger partial charge in [0.1, 0.15) is 11.9 Å². The minimum Gasteiger partial charge on any atom is -0.480 e. The largest absolute Gasteiger partial charge is 0.480 e. The number of rotatable bonds is 8. The SMILES string of the molecule is CCC(c1ccc(Cl)c(C)c1)N(C)c1ccc(F)c(-c2cc(C)c(C(=O)NC(C)C(=O)O)c(C)c2)c1. The zero-order valence-electron chi connectivity index (χ0n) is 21.4. The van der Waals surface area contributed by atoms with Gasteiger partial charge in [-0.05, 0) is 86.2 Å². The van der Waals surface area contributed by atoms with Crippen LogP contribution in [-0.2, 0) is 4.79 Å². The highest BCUT2D eigenvalue weighted by Crippen LogP contribution is 2.35. The molecule has 7 heteroatoms. The first-order valence-electron chi connectivity index (χ1n) is 11.9. The number of hydrogen-bond donors (Lipinski definition) is 2. The lowest BCUT2D eigenvalue weighted by Crippen LogP contribution is -2.38. The van der Waals surface area contributed by atoms with E-state index in [0.29, 0.717) is 27.8 Å². The lowest BCUT2D eigenvalue weighted by atomic mass is 9.94. The summed E-state index contributed by atoms with van der Waals surface area (Å²) >= 11 is 6.22. The van der Waals surface area contributed by atoms with E-state index in [9.17, 15) is 9.59 Å². The van der Waals surface area contributed by atoms with Gasteiger partial charge >= 0.3 is 5.97 Å². The van der Waals surface area contributed by atoms with Crippen molar-refractivity contribution in [2.75, 3.05) is 11.9 Å². The van der Waals surface area contributed by atoms with Crippen molar-refractivity contribution in [3.8, 4) is 11.1 Å². The Hall–Kier alpha value is -3.38. The van der Waals surface area contributed by atoms with E-state index >= 15 is 4.39 Å². The summed E-state index contributed by atoms with van der Waals surface area (Å²) < 4.78 is 15.0. The van der Waals surface area contributed by atoms with Gasteiger partial charge in [0.2, 0.25) is 0 Å². The van der Waals surface area contributed by atoms with Crippen LogP contribution < -0.4 is 10.2 Å². The maximum Gasteiger partial charge on any atom is 0.325 e. The van der Waals surface area contributed by atoms with Crippen molar-refractivity contribution in [3.63, 3.8) is 0 Å². The molecule has 0 aliphatic heterocycles. The molecule has 0 fully saturated rings. The smallest absolute Gasteiger partial charge is 0.325 e. The van der Waals surface area contributed by atoms with Gasteiger partial charge in [-0.2, -0.15) is 0 Å². The van der Waals surface area contributed by atoms with Gasteiger partial charge in [0.05, 0.1) is 6.04 Å². The van der Waals surface area contributed by atoms with Crippen LogP contribution in [-0.4, -0.2) is 30.1 Å². The quantitative estimate of drug-likeness (QED) is 0.347. The monoisotopic (exact) mass is 510 g/mol. The van der Waals surface area contributed by atoms with Crippen LogP contribution in [0.4, 0.5) is 10.1 Å². The number of carboxylic acids is 1. The van der Waals surface area contributed by atoms with Crippen molar-refractivity contribution < 1.29 is 19.1 Å². The predicted octanol–water partition coefficient (Wildman–Crippen LogP) is 6.86. The molecule has 190 valence electrons. The summed E-state index contributed by atoms with van der Waals surface area (Å²) in [7, 11) is 1.99. The highest BCUT2D eigenvalue weighted by molar-refractivity contribution is 6.31. The number of amides is 1. The molecule has 1 amide bonds. The molecule has 0 spiro atoms. The highest BCUT2D eigenvalue weighted by atomic mass is 35.5. The number of anilines is 1. The van der Waals surface area contributed by atoms with Crippen molar-refractivity contribution in [3.05, 3.63) is 87.2 Å². The Bertz CT molecular complexity index is 1280. The Labute approximate surface area is 216 Å². The van der Waals surface area contributed by atoms with E-state index in [0.717, 1.165) is 28.3 Å². The van der Waals surface area contributed by atoms with E-state index in [1.165, 1.54) is 13.0 Å². The molecule has 0 aliphatic carbocycles. The molecular weight excluding hydrogens is 479 g/mol. The first kappa shape index (κ1) is 27.2. The number of nitrogens with zero attached hydrogens (tertiary/aromatic N) is 1. The second kappa shape index (κ2) is 11.1. The van der Waals surface area contributed by atoms with E-state index in [4.69, 9.17) is 16.7 Å². The van der Waals surface area contributed by atoms with Crippen LogP contribution in [0, 0.1) is 26.6 Å². The summed E-state index contributed by atoms with van der Waals surface area (Å²) in [6.45, 7) is 9.02. The predicted molar refractivity (Wildman–Crippen MR) is 143 cm³/mol. The molecule has 36 heavy (non-hydrogen) atoms. The normalized spacial score (nSPS) is 12.7. The summed E-state index contributed by atoms with van der Waals surface area (Å²) in [4.78, 5) is 25.9. The molecule has 3 aromatic rings. The van der Waals surface area contributed by atoms with E-state index in [1.807, 2.05) is 32.2 Å². The van der Waals surface area contributed by atoms with Gasteiger partial charge < -0.3 is 15.3 Å². The Balaban J connectivity index is 1.98. The average Bonchev–Trinajstić information content (AvgIpc) is 2.81. The van der Waals surface area contributed by atoms with Gasteiger partial charge in [0.25, 0.3) is 5.91 Å². The van der Waals surface area contributed by atoms with Gasteiger partial charge in [-0.1, -0.05) is 42.8 Å². The summed E-state index contributed by atoms with van der Waals surface area (Å²) in [5.41, 5.74) is 5.75. The van der Waals surface area contributed by atoms with E-state index < -0.39 is 17.9 Å². The molecule has 2 N–H and O–H groups in total. The third-order valence-electron chi connectivity index (χ3n) is 6.57. The zero-order valence-corrected chi connectivity index (χ0v) is 22.2. The van der Waals surface area contributed by atoms with E-state index in [-0.39, 0.29) is 11.9 Å². The maximum atomic E-state index is 15.0. The van der Waals surface area contributed by atoms with Crippen molar-refractivity contribution in [2.24, 2.45) is 0 Å². The van der Waals surface area contributed by atoms with Crippen molar-refractivity contribution in [2.45, 2.75) is 53.1 Å². The molecule has 0 bridgehead atoms. The summed E-state index contributed by atoms with van der Waals surface area (Å²) in [5, 5.41) is 12.3. The van der Waals surface area contributed by atoms with Gasteiger partial charge in [0, 0.05) is 28.9 Å².